The molecule has 0 bridgehead atoms. The second-order valence-electron chi connectivity index (χ2n) is 8.83. The second-order valence-corrected chi connectivity index (χ2v) is 9.91. The Morgan fingerprint density at radius 2 is 2.21 bits per heavy atom. The van der Waals surface area contributed by atoms with Gasteiger partial charge >= 0.3 is 5.97 Å². The zero-order valence-corrected chi connectivity index (χ0v) is 17.4. The van der Waals surface area contributed by atoms with Crippen molar-refractivity contribution in [3.05, 3.63) is 35.1 Å². The van der Waals surface area contributed by atoms with E-state index in [0.29, 0.717) is 24.4 Å². The predicted octanol–water partition coefficient (Wildman–Crippen LogP) is 3.17. The van der Waals surface area contributed by atoms with Gasteiger partial charge in [-0.3, -0.25) is 9.78 Å². The lowest BCUT2D eigenvalue weighted by molar-refractivity contribution is -0.150. The summed E-state index contributed by atoms with van der Waals surface area (Å²) in [4.78, 5) is 21.7. The third-order valence-corrected chi connectivity index (χ3v) is 8.19. The third kappa shape index (κ3) is 3.33. The van der Waals surface area contributed by atoms with Crippen LogP contribution in [-0.2, 0) is 11.2 Å². The number of anilines is 2. The smallest absolute Gasteiger partial charge is 0.304 e. The molecule has 2 aliphatic rings. The normalized spacial score (nSPS) is 33.6. The molecule has 1 fully saturated rings. The first kappa shape index (κ1) is 20.3. The second kappa shape index (κ2) is 7.34. The Bertz CT molecular complexity index is 905. The number of nitrogens with zero attached hydrogens (tertiary/aromatic N) is 2. The summed E-state index contributed by atoms with van der Waals surface area (Å²) >= 11 is 1.52. The zero-order valence-electron chi connectivity index (χ0n) is 16.6. The van der Waals surface area contributed by atoms with Gasteiger partial charge in [-0.15, -0.1) is 11.3 Å². The van der Waals surface area contributed by atoms with Gasteiger partial charge in [0.2, 0.25) is 0 Å². The number of aliphatic hydroxyl groups is 2. The summed E-state index contributed by atoms with van der Waals surface area (Å²) in [5, 5.41) is 34.5. The van der Waals surface area contributed by atoms with E-state index in [4.69, 9.17) is 4.98 Å². The van der Waals surface area contributed by atoms with Crippen molar-refractivity contribution >= 4 is 28.1 Å². The number of pyridine rings is 1. The maximum atomic E-state index is 11.7. The van der Waals surface area contributed by atoms with Crippen molar-refractivity contribution in [1.82, 2.24) is 9.97 Å². The number of thiazole rings is 1. The lowest BCUT2D eigenvalue weighted by atomic mass is 9.47. The Balaban J connectivity index is 1.76. The minimum atomic E-state index is -0.852. The SMILES string of the molecule is CC1(CO)C(O)CCC2(C)C(CC(=O)O)c3nc(Nc4cccnc4)sc3CC12. The van der Waals surface area contributed by atoms with E-state index >= 15 is 0 Å². The molecule has 0 aromatic carbocycles. The largest absolute Gasteiger partial charge is 0.481 e. The molecule has 2 aliphatic carbocycles. The highest BCUT2D eigenvalue weighted by Gasteiger charge is 2.59. The van der Waals surface area contributed by atoms with E-state index in [2.05, 4.69) is 17.2 Å². The summed E-state index contributed by atoms with van der Waals surface area (Å²) in [6.45, 7) is 3.92. The highest BCUT2D eigenvalue weighted by molar-refractivity contribution is 7.15. The number of carboxylic acid groups (broad SMARTS) is 1. The molecule has 2 aromatic heterocycles. The Labute approximate surface area is 173 Å². The minimum absolute atomic E-state index is 0.00628. The number of hydrogen-bond acceptors (Lipinski definition) is 7. The molecular formula is C21H27N3O4S. The number of hydrogen-bond donors (Lipinski definition) is 4. The third-order valence-electron chi connectivity index (χ3n) is 7.19. The molecule has 0 radical (unpaired) electrons. The van der Waals surface area contributed by atoms with Crippen molar-refractivity contribution in [2.45, 2.75) is 51.6 Å². The van der Waals surface area contributed by atoms with Crippen molar-refractivity contribution in [3.63, 3.8) is 0 Å². The van der Waals surface area contributed by atoms with E-state index in [1.165, 1.54) is 11.3 Å². The maximum Gasteiger partial charge on any atom is 0.304 e. The van der Waals surface area contributed by atoms with E-state index < -0.39 is 17.5 Å². The first-order chi connectivity index (χ1) is 13.8. The average Bonchev–Trinajstić information content (AvgIpc) is 3.09. The van der Waals surface area contributed by atoms with Crippen molar-refractivity contribution in [3.8, 4) is 0 Å². The van der Waals surface area contributed by atoms with E-state index in [1.807, 2.05) is 19.1 Å². The zero-order chi connectivity index (χ0) is 20.8. The van der Waals surface area contributed by atoms with Crippen LogP contribution in [0.15, 0.2) is 24.5 Å². The van der Waals surface area contributed by atoms with Gasteiger partial charge in [0.05, 0.1) is 36.7 Å². The number of rotatable bonds is 5. The average molecular weight is 418 g/mol. The van der Waals surface area contributed by atoms with Gasteiger partial charge < -0.3 is 20.6 Å². The van der Waals surface area contributed by atoms with Crippen molar-refractivity contribution < 1.29 is 20.1 Å². The number of carboxylic acids is 1. The molecular weight excluding hydrogens is 390 g/mol. The fourth-order valence-corrected chi connectivity index (χ4v) is 6.52. The van der Waals surface area contributed by atoms with Gasteiger partial charge in [0.15, 0.2) is 5.13 Å². The highest BCUT2D eigenvalue weighted by Crippen LogP contribution is 2.62. The quantitative estimate of drug-likeness (QED) is 0.590. The number of carbonyl (C=O) groups is 1. The van der Waals surface area contributed by atoms with Gasteiger partial charge in [-0.25, -0.2) is 4.98 Å². The Morgan fingerprint density at radius 3 is 2.86 bits per heavy atom. The molecule has 29 heavy (non-hydrogen) atoms. The van der Waals surface area contributed by atoms with Gasteiger partial charge in [0.25, 0.3) is 0 Å². The van der Waals surface area contributed by atoms with E-state index in [-0.39, 0.29) is 30.3 Å². The number of aliphatic hydroxyl groups excluding tert-OH is 2. The van der Waals surface area contributed by atoms with Gasteiger partial charge in [0.1, 0.15) is 0 Å². The van der Waals surface area contributed by atoms with Gasteiger partial charge in [-0.1, -0.05) is 13.8 Å². The number of fused-ring (bicyclic) bond motifs is 2. The summed E-state index contributed by atoms with van der Waals surface area (Å²) in [6.07, 6.45) is 4.77. The maximum absolute atomic E-state index is 11.7. The molecule has 5 atom stereocenters. The van der Waals surface area contributed by atoms with E-state index in [9.17, 15) is 20.1 Å². The molecule has 7 nitrogen and oxygen atoms in total. The minimum Gasteiger partial charge on any atom is -0.481 e. The number of nitrogens with one attached hydrogen (secondary N) is 1. The fraction of sp³-hybridized carbons (Fsp3) is 0.571. The van der Waals surface area contributed by atoms with Crippen molar-refractivity contribution in [1.29, 1.82) is 0 Å². The predicted molar refractivity (Wildman–Crippen MR) is 110 cm³/mol. The van der Waals surface area contributed by atoms with Gasteiger partial charge in [-0.2, -0.15) is 0 Å². The molecule has 2 heterocycles. The summed E-state index contributed by atoms with van der Waals surface area (Å²) in [7, 11) is 0. The molecule has 4 rings (SSSR count). The lowest BCUT2D eigenvalue weighted by Gasteiger charge is -2.58. The van der Waals surface area contributed by atoms with Crippen LogP contribution in [0.1, 0.15) is 49.6 Å². The lowest BCUT2D eigenvalue weighted by Crippen LogP contribution is -2.57. The fourth-order valence-electron chi connectivity index (χ4n) is 5.43. The Kier molecular flexibility index (Phi) is 5.13. The standard InChI is InChI=1S/C21H27N3O4S/c1-20-6-5-16(26)21(2,11-25)15(20)9-14-18(13(20)8-17(27)28)24-19(29-14)23-12-4-3-7-22-10-12/h3-4,7,10,13,15-16,25-26H,5-6,8-9,11H2,1-2H3,(H,23,24)(H,27,28). The molecule has 1 saturated carbocycles. The van der Waals surface area contributed by atoms with Crippen LogP contribution in [0.4, 0.5) is 10.8 Å². The van der Waals surface area contributed by atoms with Crippen LogP contribution in [0.25, 0.3) is 0 Å². The number of aromatic nitrogens is 2. The van der Waals surface area contributed by atoms with Crippen LogP contribution in [0.2, 0.25) is 0 Å². The molecule has 0 aliphatic heterocycles. The Morgan fingerprint density at radius 1 is 1.41 bits per heavy atom. The van der Waals surface area contributed by atoms with Crippen LogP contribution in [0.3, 0.4) is 0 Å². The van der Waals surface area contributed by atoms with Crippen LogP contribution in [0.5, 0.6) is 0 Å². The van der Waals surface area contributed by atoms with Crippen LogP contribution >= 0.6 is 11.3 Å². The molecule has 8 heteroatoms. The molecule has 2 aromatic rings. The van der Waals surface area contributed by atoms with Crippen LogP contribution < -0.4 is 5.32 Å². The molecule has 4 N–H and O–H groups in total. The monoisotopic (exact) mass is 417 g/mol. The molecule has 5 unspecified atom stereocenters. The van der Waals surface area contributed by atoms with Crippen molar-refractivity contribution in [2.75, 3.05) is 11.9 Å². The summed E-state index contributed by atoms with van der Waals surface area (Å²) in [6, 6.07) is 3.75. The molecule has 0 amide bonds. The molecule has 0 spiro atoms. The first-order valence-corrected chi connectivity index (χ1v) is 10.8. The number of aliphatic carboxylic acids is 1. The first-order valence-electron chi connectivity index (χ1n) is 9.95. The summed E-state index contributed by atoms with van der Waals surface area (Å²) in [5.74, 6) is -1.13. The van der Waals surface area contributed by atoms with Gasteiger partial charge in [0, 0.05) is 22.4 Å². The molecule has 156 valence electrons. The highest BCUT2D eigenvalue weighted by atomic mass is 32.1. The summed E-state index contributed by atoms with van der Waals surface area (Å²) in [5.41, 5.74) is 0.663. The summed E-state index contributed by atoms with van der Waals surface area (Å²) < 4.78 is 0. The van der Waals surface area contributed by atoms with Crippen LogP contribution in [0, 0.1) is 16.7 Å². The van der Waals surface area contributed by atoms with Gasteiger partial charge in [-0.05, 0) is 42.7 Å². The molecule has 0 saturated heterocycles. The van der Waals surface area contributed by atoms with E-state index in [1.54, 1.807) is 12.4 Å². The Hall–Kier alpha value is -2.03. The topological polar surface area (TPSA) is 116 Å². The van der Waals surface area contributed by atoms with Crippen LogP contribution in [-0.4, -0.2) is 44.0 Å². The van der Waals surface area contributed by atoms with E-state index in [0.717, 1.165) is 16.3 Å². The van der Waals surface area contributed by atoms with Crippen molar-refractivity contribution in [2.24, 2.45) is 16.7 Å².